The van der Waals surface area contributed by atoms with Gasteiger partial charge in [-0.25, -0.2) is 9.59 Å². The molecule has 1 aromatic carbocycles. The molecule has 0 aromatic heterocycles. The summed E-state index contributed by atoms with van der Waals surface area (Å²) in [5.41, 5.74) is 0.380. The lowest BCUT2D eigenvalue weighted by Gasteiger charge is -2.12. The van der Waals surface area contributed by atoms with Crippen LogP contribution < -0.4 is 0 Å². The van der Waals surface area contributed by atoms with E-state index in [1.165, 1.54) is 12.1 Å². The topological polar surface area (TPSA) is 52.6 Å². The first kappa shape index (κ1) is 14.2. The molecule has 0 bridgehead atoms. The van der Waals surface area contributed by atoms with Gasteiger partial charge in [-0.3, -0.25) is 0 Å². The quantitative estimate of drug-likeness (QED) is 0.770. The highest BCUT2D eigenvalue weighted by molar-refractivity contribution is 6.03. The normalized spacial score (nSPS) is 10.6. The van der Waals surface area contributed by atoms with Gasteiger partial charge in [0, 0.05) is 0 Å². The Morgan fingerprint density at radius 3 is 2.00 bits per heavy atom. The fourth-order valence-electron chi connectivity index (χ4n) is 1.33. The molecular weight excluding hydrogens is 232 g/mol. The van der Waals surface area contributed by atoms with Gasteiger partial charge in [-0.05, 0) is 45.9 Å². The Labute approximate surface area is 107 Å². The molecule has 0 heterocycles. The first-order chi connectivity index (χ1) is 8.41. The highest BCUT2D eigenvalue weighted by Crippen LogP contribution is 2.13. The maximum Gasteiger partial charge on any atom is 0.339 e. The smallest absolute Gasteiger partial charge is 0.339 e. The third-order valence-corrected chi connectivity index (χ3v) is 1.99. The number of carbonyl (C=O) groups excluding carboxylic acids is 2. The molecule has 1 aromatic rings. The zero-order chi connectivity index (χ0) is 13.7. The van der Waals surface area contributed by atoms with E-state index >= 15 is 0 Å². The molecule has 0 aliphatic heterocycles. The molecule has 1 rings (SSSR count). The van der Waals surface area contributed by atoms with Crippen LogP contribution in [0.3, 0.4) is 0 Å². The highest BCUT2D eigenvalue weighted by Gasteiger charge is 2.20. The third kappa shape index (κ3) is 3.87. The SMILES string of the molecule is CC(C)OC(=O)c1c[c]ccc1C(=O)OC(C)C. The molecule has 0 aliphatic carbocycles. The Balaban J connectivity index is 2.99. The molecule has 1 radical (unpaired) electrons. The van der Waals surface area contributed by atoms with Crippen molar-refractivity contribution in [1.82, 2.24) is 0 Å². The number of hydrogen-bond acceptors (Lipinski definition) is 4. The van der Waals surface area contributed by atoms with E-state index in [0.29, 0.717) is 0 Å². The van der Waals surface area contributed by atoms with Gasteiger partial charge < -0.3 is 9.47 Å². The van der Waals surface area contributed by atoms with Crippen LogP contribution in [0.15, 0.2) is 18.2 Å². The number of rotatable bonds is 4. The summed E-state index contributed by atoms with van der Waals surface area (Å²) in [6.07, 6.45) is -0.484. The van der Waals surface area contributed by atoms with E-state index in [9.17, 15) is 9.59 Å². The van der Waals surface area contributed by atoms with Crippen molar-refractivity contribution in [3.63, 3.8) is 0 Å². The Morgan fingerprint density at radius 2 is 1.50 bits per heavy atom. The van der Waals surface area contributed by atoms with Crippen LogP contribution >= 0.6 is 0 Å². The zero-order valence-corrected chi connectivity index (χ0v) is 11.0. The lowest BCUT2D eigenvalue weighted by Crippen LogP contribution is -2.18. The number of benzene rings is 1. The van der Waals surface area contributed by atoms with Crippen molar-refractivity contribution in [3.05, 3.63) is 35.4 Å². The minimum absolute atomic E-state index is 0.178. The van der Waals surface area contributed by atoms with Crippen molar-refractivity contribution in [2.45, 2.75) is 39.9 Å². The molecular formula is C14H17O4. The van der Waals surface area contributed by atoms with E-state index in [1.54, 1.807) is 33.8 Å². The van der Waals surface area contributed by atoms with Crippen LogP contribution in [0, 0.1) is 6.07 Å². The van der Waals surface area contributed by atoms with Crippen LogP contribution in [0.5, 0.6) is 0 Å². The molecule has 97 valence electrons. The molecule has 0 saturated heterocycles. The molecule has 0 unspecified atom stereocenters. The first-order valence-corrected chi connectivity index (χ1v) is 5.84. The van der Waals surface area contributed by atoms with Crippen LogP contribution in [-0.4, -0.2) is 24.1 Å². The maximum absolute atomic E-state index is 11.8. The van der Waals surface area contributed by atoms with Crippen LogP contribution in [0.1, 0.15) is 48.4 Å². The standard InChI is InChI=1S/C14H17O4/c1-9(2)17-13(15)11-7-5-6-8-12(11)14(16)18-10(3)4/h5,7-10H,1-4H3. The van der Waals surface area contributed by atoms with Gasteiger partial charge in [-0.15, -0.1) is 0 Å². The van der Waals surface area contributed by atoms with Crippen molar-refractivity contribution in [2.24, 2.45) is 0 Å². The van der Waals surface area contributed by atoms with Crippen molar-refractivity contribution in [3.8, 4) is 0 Å². The minimum atomic E-state index is -0.544. The summed E-state index contributed by atoms with van der Waals surface area (Å²) in [5, 5.41) is 0. The van der Waals surface area contributed by atoms with Gasteiger partial charge in [-0.2, -0.15) is 0 Å². The van der Waals surface area contributed by atoms with Gasteiger partial charge in [-0.1, -0.05) is 6.07 Å². The van der Waals surface area contributed by atoms with Crippen LogP contribution in [0.25, 0.3) is 0 Å². The van der Waals surface area contributed by atoms with Gasteiger partial charge in [0.25, 0.3) is 0 Å². The average Bonchev–Trinajstić information content (AvgIpc) is 2.27. The van der Waals surface area contributed by atoms with E-state index < -0.39 is 11.9 Å². The first-order valence-electron chi connectivity index (χ1n) is 5.84. The van der Waals surface area contributed by atoms with Crippen LogP contribution in [0.2, 0.25) is 0 Å². The van der Waals surface area contributed by atoms with Crippen molar-refractivity contribution in [1.29, 1.82) is 0 Å². The van der Waals surface area contributed by atoms with Gasteiger partial charge in [0.15, 0.2) is 0 Å². The van der Waals surface area contributed by atoms with E-state index in [2.05, 4.69) is 6.07 Å². The second-order valence-electron chi connectivity index (χ2n) is 4.38. The number of carbonyl (C=O) groups is 2. The molecule has 0 atom stereocenters. The Hall–Kier alpha value is -1.84. The fourth-order valence-corrected chi connectivity index (χ4v) is 1.33. The maximum atomic E-state index is 11.8. The van der Waals surface area contributed by atoms with E-state index in [1.807, 2.05) is 0 Å². The third-order valence-electron chi connectivity index (χ3n) is 1.99. The fraction of sp³-hybridized carbons (Fsp3) is 0.429. The van der Waals surface area contributed by atoms with Gasteiger partial charge in [0.2, 0.25) is 0 Å². The molecule has 0 N–H and O–H groups in total. The summed E-state index contributed by atoms with van der Waals surface area (Å²) in [5.74, 6) is -1.08. The van der Waals surface area contributed by atoms with E-state index in [4.69, 9.17) is 9.47 Å². The molecule has 0 amide bonds. The molecule has 0 saturated carbocycles. The largest absolute Gasteiger partial charge is 0.459 e. The molecule has 0 spiro atoms. The predicted octanol–water partition coefficient (Wildman–Crippen LogP) is 2.62. The lowest BCUT2D eigenvalue weighted by molar-refractivity contribution is 0.0328. The summed E-state index contributed by atoms with van der Waals surface area (Å²) in [7, 11) is 0. The second kappa shape index (κ2) is 6.19. The summed E-state index contributed by atoms with van der Waals surface area (Å²) >= 11 is 0. The lowest BCUT2D eigenvalue weighted by atomic mass is 10.1. The van der Waals surface area contributed by atoms with Crippen molar-refractivity contribution in [2.75, 3.05) is 0 Å². The van der Waals surface area contributed by atoms with Crippen molar-refractivity contribution >= 4 is 11.9 Å². The zero-order valence-electron chi connectivity index (χ0n) is 11.0. The summed E-state index contributed by atoms with van der Waals surface area (Å²) in [6, 6.07) is 7.25. The minimum Gasteiger partial charge on any atom is -0.459 e. The van der Waals surface area contributed by atoms with E-state index in [0.717, 1.165) is 0 Å². The second-order valence-corrected chi connectivity index (χ2v) is 4.38. The average molecular weight is 249 g/mol. The molecule has 4 nitrogen and oxygen atoms in total. The predicted molar refractivity (Wildman–Crippen MR) is 66.4 cm³/mol. The van der Waals surface area contributed by atoms with Gasteiger partial charge in [0.05, 0.1) is 23.3 Å². The summed E-state index contributed by atoms with van der Waals surface area (Å²) < 4.78 is 10.1. The number of ether oxygens (including phenoxy) is 2. The van der Waals surface area contributed by atoms with Gasteiger partial charge >= 0.3 is 11.9 Å². The highest BCUT2D eigenvalue weighted by atomic mass is 16.5. The van der Waals surface area contributed by atoms with Crippen molar-refractivity contribution < 1.29 is 19.1 Å². The molecule has 0 fully saturated rings. The Bertz CT molecular complexity index is 394. The number of esters is 2. The number of hydrogen-bond donors (Lipinski definition) is 0. The summed E-state index contributed by atoms with van der Waals surface area (Å²) in [4.78, 5) is 23.6. The van der Waals surface area contributed by atoms with Gasteiger partial charge in [0.1, 0.15) is 0 Å². The van der Waals surface area contributed by atoms with Crippen LogP contribution in [0.4, 0.5) is 0 Å². The van der Waals surface area contributed by atoms with E-state index in [-0.39, 0.29) is 23.3 Å². The molecule has 18 heavy (non-hydrogen) atoms. The Morgan fingerprint density at radius 1 is 1.00 bits per heavy atom. The molecule has 4 heteroatoms. The van der Waals surface area contributed by atoms with Crippen LogP contribution in [-0.2, 0) is 9.47 Å². The monoisotopic (exact) mass is 249 g/mol. The summed E-state index contributed by atoms with van der Waals surface area (Å²) in [6.45, 7) is 6.99. The Kier molecular flexibility index (Phi) is 4.89. The molecule has 0 aliphatic rings.